The fourth-order valence-corrected chi connectivity index (χ4v) is 2.00. The van der Waals surface area contributed by atoms with Gasteiger partial charge in [0, 0.05) is 10.6 Å². The number of methoxy groups -OCH3 is 1. The summed E-state index contributed by atoms with van der Waals surface area (Å²) in [4.78, 5) is 11.0. The van der Waals surface area contributed by atoms with Gasteiger partial charge >= 0.3 is 5.97 Å². The molecule has 0 spiro atoms. The highest BCUT2D eigenvalue weighted by molar-refractivity contribution is 6.33. The second-order valence-electron chi connectivity index (χ2n) is 3.83. The molecule has 2 aromatic carbocycles. The van der Waals surface area contributed by atoms with E-state index in [4.69, 9.17) is 21.4 Å². The second-order valence-corrected chi connectivity index (χ2v) is 4.23. The second kappa shape index (κ2) is 5.28. The zero-order valence-corrected chi connectivity index (χ0v) is 10.7. The Bertz CT molecular complexity index is 641. The van der Waals surface area contributed by atoms with Crippen LogP contribution in [0.5, 0.6) is 5.75 Å². The topological polar surface area (TPSA) is 46.5 Å². The molecule has 0 saturated heterocycles. The number of hydrogen-bond acceptors (Lipinski definition) is 2. The predicted octanol–water partition coefficient (Wildman–Crippen LogP) is 3.85. The fourth-order valence-electron chi connectivity index (χ4n) is 1.75. The molecule has 0 heterocycles. The molecule has 0 aliphatic carbocycles. The summed E-state index contributed by atoms with van der Waals surface area (Å²) in [6.45, 7) is 0. The van der Waals surface area contributed by atoms with E-state index >= 15 is 0 Å². The fraction of sp³-hybridized carbons (Fsp3) is 0.0714. The van der Waals surface area contributed by atoms with Crippen molar-refractivity contribution in [3.63, 3.8) is 0 Å². The number of carbonyl (C=O) groups is 1. The SMILES string of the molecule is COc1cc(-c2ccccc2Cl)cc(C(=O)O)c1F. The van der Waals surface area contributed by atoms with Crippen LogP contribution in [0.4, 0.5) is 4.39 Å². The Labute approximate surface area is 114 Å². The van der Waals surface area contributed by atoms with E-state index < -0.39 is 17.3 Å². The van der Waals surface area contributed by atoms with E-state index in [-0.39, 0.29) is 5.75 Å². The first-order chi connectivity index (χ1) is 9.04. The van der Waals surface area contributed by atoms with Crippen LogP contribution in [-0.4, -0.2) is 18.2 Å². The van der Waals surface area contributed by atoms with Crippen molar-refractivity contribution in [2.45, 2.75) is 0 Å². The van der Waals surface area contributed by atoms with Gasteiger partial charge < -0.3 is 9.84 Å². The molecule has 5 heteroatoms. The molecule has 2 rings (SSSR count). The number of aromatic carboxylic acids is 1. The molecule has 0 radical (unpaired) electrons. The van der Waals surface area contributed by atoms with Crippen molar-refractivity contribution in [2.75, 3.05) is 7.11 Å². The van der Waals surface area contributed by atoms with Gasteiger partial charge in [-0.2, -0.15) is 0 Å². The molecule has 19 heavy (non-hydrogen) atoms. The maximum absolute atomic E-state index is 13.8. The van der Waals surface area contributed by atoms with Crippen molar-refractivity contribution in [2.24, 2.45) is 0 Å². The Kier molecular flexibility index (Phi) is 3.71. The zero-order valence-electron chi connectivity index (χ0n) is 9.98. The van der Waals surface area contributed by atoms with Crippen molar-refractivity contribution in [1.82, 2.24) is 0 Å². The van der Waals surface area contributed by atoms with Gasteiger partial charge in [0.05, 0.1) is 12.7 Å². The normalized spacial score (nSPS) is 10.3. The van der Waals surface area contributed by atoms with Gasteiger partial charge in [-0.05, 0) is 23.8 Å². The van der Waals surface area contributed by atoms with E-state index in [9.17, 15) is 9.18 Å². The Morgan fingerprint density at radius 3 is 2.58 bits per heavy atom. The van der Waals surface area contributed by atoms with Crippen LogP contribution in [-0.2, 0) is 0 Å². The van der Waals surface area contributed by atoms with Gasteiger partial charge in [0.1, 0.15) is 0 Å². The van der Waals surface area contributed by atoms with Crippen molar-refractivity contribution >= 4 is 17.6 Å². The first-order valence-electron chi connectivity index (χ1n) is 5.40. The van der Waals surface area contributed by atoms with Crippen molar-refractivity contribution < 1.29 is 19.0 Å². The summed E-state index contributed by atoms with van der Waals surface area (Å²) < 4.78 is 18.6. The van der Waals surface area contributed by atoms with Crippen LogP contribution >= 0.6 is 11.6 Å². The van der Waals surface area contributed by atoms with Crippen LogP contribution in [0.1, 0.15) is 10.4 Å². The lowest BCUT2D eigenvalue weighted by molar-refractivity contribution is 0.0691. The zero-order chi connectivity index (χ0) is 14.0. The third kappa shape index (κ3) is 2.53. The molecule has 0 unspecified atom stereocenters. The van der Waals surface area contributed by atoms with Crippen molar-refractivity contribution in [3.8, 4) is 16.9 Å². The summed E-state index contributed by atoms with van der Waals surface area (Å²) in [6.07, 6.45) is 0. The van der Waals surface area contributed by atoms with Gasteiger partial charge in [0.15, 0.2) is 11.6 Å². The summed E-state index contributed by atoms with van der Waals surface area (Å²) in [5, 5.41) is 9.45. The molecule has 0 aromatic heterocycles. The Hall–Kier alpha value is -2.07. The lowest BCUT2D eigenvalue weighted by atomic mass is 10.0. The number of carboxylic acids is 1. The van der Waals surface area contributed by atoms with Crippen molar-refractivity contribution in [1.29, 1.82) is 0 Å². The Morgan fingerprint density at radius 1 is 1.32 bits per heavy atom. The lowest BCUT2D eigenvalue weighted by Crippen LogP contribution is -2.03. The van der Waals surface area contributed by atoms with Crippen LogP contribution in [0.15, 0.2) is 36.4 Å². The molecule has 3 nitrogen and oxygen atoms in total. The lowest BCUT2D eigenvalue weighted by Gasteiger charge is -2.10. The number of benzene rings is 2. The van der Waals surface area contributed by atoms with Crippen LogP contribution in [0.2, 0.25) is 5.02 Å². The number of ether oxygens (including phenoxy) is 1. The van der Waals surface area contributed by atoms with E-state index in [1.165, 1.54) is 19.2 Å². The van der Waals surface area contributed by atoms with Crippen LogP contribution in [0, 0.1) is 5.82 Å². The number of rotatable bonds is 3. The third-order valence-electron chi connectivity index (χ3n) is 2.67. The van der Waals surface area contributed by atoms with Gasteiger partial charge in [0.25, 0.3) is 0 Å². The van der Waals surface area contributed by atoms with Gasteiger partial charge in [0.2, 0.25) is 0 Å². The smallest absolute Gasteiger partial charge is 0.338 e. The monoisotopic (exact) mass is 280 g/mol. The summed E-state index contributed by atoms with van der Waals surface area (Å²) in [7, 11) is 1.28. The molecule has 0 aliphatic rings. The third-order valence-corrected chi connectivity index (χ3v) is 3.00. The number of carboxylic acid groups (broad SMARTS) is 1. The van der Waals surface area contributed by atoms with Crippen LogP contribution < -0.4 is 4.74 Å². The first kappa shape index (κ1) is 13.4. The summed E-state index contributed by atoms with van der Waals surface area (Å²) in [5.74, 6) is -2.38. The molecule has 0 amide bonds. The minimum absolute atomic E-state index is 0.130. The highest BCUT2D eigenvalue weighted by Crippen LogP contribution is 2.33. The van der Waals surface area contributed by atoms with Crippen LogP contribution in [0.3, 0.4) is 0 Å². The first-order valence-corrected chi connectivity index (χ1v) is 5.78. The van der Waals surface area contributed by atoms with Gasteiger partial charge in [-0.15, -0.1) is 0 Å². The highest BCUT2D eigenvalue weighted by atomic mass is 35.5. The minimum atomic E-state index is -1.36. The number of halogens is 2. The molecule has 0 bridgehead atoms. The van der Waals surface area contributed by atoms with E-state index in [0.717, 1.165) is 0 Å². The van der Waals surface area contributed by atoms with Gasteiger partial charge in [-0.25, -0.2) is 9.18 Å². The molecular formula is C14H10ClFO3. The van der Waals surface area contributed by atoms with Gasteiger partial charge in [-0.3, -0.25) is 0 Å². The van der Waals surface area contributed by atoms with E-state index in [2.05, 4.69) is 0 Å². The molecule has 0 atom stereocenters. The summed E-state index contributed by atoms with van der Waals surface area (Å²) in [6, 6.07) is 9.57. The maximum atomic E-state index is 13.8. The molecular weight excluding hydrogens is 271 g/mol. The average Bonchev–Trinajstić information content (AvgIpc) is 2.39. The quantitative estimate of drug-likeness (QED) is 0.929. The Balaban J connectivity index is 2.69. The summed E-state index contributed by atoms with van der Waals surface area (Å²) >= 11 is 6.04. The van der Waals surface area contributed by atoms with E-state index in [1.807, 2.05) is 0 Å². The largest absolute Gasteiger partial charge is 0.494 e. The predicted molar refractivity (Wildman–Crippen MR) is 70.4 cm³/mol. The van der Waals surface area contributed by atoms with Crippen LogP contribution in [0.25, 0.3) is 11.1 Å². The standard InChI is InChI=1S/C14H10ClFO3/c1-19-12-7-8(6-10(13(12)16)14(17)18)9-4-2-3-5-11(9)15/h2-7H,1H3,(H,17,18). The number of hydrogen-bond donors (Lipinski definition) is 1. The highest BCUT2D eigenvalue weighted by Gasteiger charge is 2.18. The average molecular weight is 281 g/mol. The van der Waals surface area contributed by atoms with E-state index in [0.29, 0.717) is 16.1 Å². The molecule has 1 N–H and O–H groups in total. The molecule has 0 fully saturated rings. The maximum Gasteiger partial charge on any atom is 0.338 e. The molecule has 2 aromatic rings. The van der Waals surface area contributed by atoms with Crippen molar-refractivity contribution in [3.05, 3.63) is 52.8 Å². The molecule has 0 aliphatic heterocycles. The summed E-state index contributed by atoms with van der Waals surface area (Å²) in [5.41, 5.74) is 0.653. The molecule has 98 valence electrons. The van der Waals surface area contributed by atoms with Gasteiger partial charge in [-0.1, -0.05) is 29.8 Å². The van der Waals surface area contributed by atoms with E-state index in [1.54, 1.807) is 24.3 Å². The minimum Gasteiger partial charge on any atom is -0.494 e. The Morgan fingerprint density at radius 2 is 2.00 bits per heavy atom. The molecule has 0 saturated carbocycles.